The molecule has 1 unspecified atom stereocenters. The second kappa shape index (κ2) is 5.42. The summed E-state index contributed by atoms with van der Waals surface area (Å²) < 4.78 is 2.12. The molecule has 1 aliphatic heterocycles. The Hall–Kier alpha value is -1.59. The Labute approximate surface area is 122 Å². The number of rotatable bonds is 3. The average Bonchev–Trinajstić information content (AvgIpc) is 2.78. The van der Waals surface area contributed by atoms with Crippen LogP contribution >= 0.6 is 11.6 Å². The van der Waals surface area contributed by atoms with E-state index in [1.54, 1.807) is 0 Å². The number of carbonyl (C=O) groups is 1. The molecule has 1 aliphatic rings. The summed E-state index contributed by atoms with van der Waals surface area (Å²) in [4.78, 5) is 16.5. The quantitative estimate of drug-likeness (QED) is 0.897. The van der Waals surface area contributed by atoms with Crippen LogP contribution in [0.1, 0.15) is 12.7 Å². The highest BCUT2D eigenvalue weighted by Gasteiger charge is 2.24. The van der Waals surface area contributed by atoms with Gasteiger partial charge in [-0.2, -0.15) is 0 Å². The molecule has 1 amide bonds. The third kappa shape index (κ3) is 2.39. The van der Waals surface area contributed by atoms with Crippen molar-refractivity contribution in [2.24, 2.45) is 0 Å². The van der Waals surface area contributed by atoms with E-state index in [0.29, 0.717) is 18.0 Å². The minimum atomic E-state index is -0.207. The number of piperazine rings is 1. The van der Waals surface area contributed by atoms with E-state index in [1.807, 2.05) is 18.2 Å². The summed E-state index contributed by atoms with van der Waals surface area (Å²) in [6, 6.07) is 5.47. The Bertz CT molecular complexity index is 652. The number of benzene rings is 1. The van der Waals surface area contributed by atoms with E-state index in [9.17, 15) is 4.79 Å². The molecule has 1 atom stereocenters. The van der Waals surface area contributed by atoms with Crippen LogP contribution < -0.4 is 10.6 Å². The van der Waals surface area contributed by atoms with E-state index < -0.39 is 0 Å². The number of hydrogen-bond acceptors (Lipinski definition) is 3. The van der Waals surface area contributed by atoms with Crippen molar-refractivity contribution < 1.29 is 4.79 Å². The molecule has 1 fully saturated rings. The molecule has 2 aromatic rings. The standard InChI is InChI=1S/C14H17ClN4O/c1-2-19-12-7-9(15)3-4-10(12)18-13(19)8-11-14(20)17-6-5-16-11/h3-4,7,11,16H,2,5-6,8H2,1H3,(H,17,20). The monoisotopic (exact) mass is 292 g/mol. The smallest absolute Gasteiger partial charge is 0.237 e. The summed E-state index contributed by atoms with van der Waals surface area (Å²) in [5, 5.41) is 6.81. The molecular formula is C14H17ClN4O. The first-order valence-corrected chi connectivity index (χ1v) is 7.22. The Morgan fingerprint density at radius 1 is 1.45 bits per heavy atom. The van der Waals surface area contributed by atoms with Gasteiger partial charge in [-0.05, 0) is 25.1 Å². The fourth-order valence-corrected chi connectivity index (χ4v) is 2.82. The SMILES string of the molecule is CCn1c(CC2NCCNC2=O)nc2ccc(Cl)cc21. The number of halogens is 1. The fourth-order valence-electron chi connectivity index (χ4n) is 2.65. The molecule has 1 aromatic heterocycles. The van der Waals surface area contributed by atoms with Crippen molar-refractivity contribution in [1.29, 1.82) is 0 Å². The van der Waals surface area contributed by atoms with Crippen molar-refractivity contribution in [3.8, 4) is 0 Å². The summed E-state index contributed by atoms with van der Waals surface area (Å²) in [6.45, 7) is 4.37. The molecule has 0 spiro atoms. The Morgan fingerprint density at radius 3 is 3.05 bits per heavy atom. The van der Waals surface area contributed by atoms with E-state index in [4.69, 9.17) is 11.6 Å². The van der Waals surface area contributed by atoms with Gasteiger partial charge >= 0.3 is 0 Å². The molecular weight excluding hydrogens is 276 g/mol. The normalized spacial score (nSPS) is 19.3. The third-order valence-electron chi connectivity index (χ3n) is 3.62. The van der Waals surface area contributed by atoms with E-state index in [1.165, 1.54) is 0 Å². The number of nitrogens with one attached hydrogen (secondary N) is 2. The van der Waals surface area contributed by atoms with Crippen molar-refractivity contribution in [2.75, 3.05) is 13.1 Å². The molecule has 3 rings (SSSR count). The molecule has 106 valence electrons. The molecule has 6 heteroatoms. The third-order valence-corrected chi connectivity index (χ3v) is 3.86. The van der Waals surface area contributed by atoms with Gasteiger partial charge in [-0.15, -0.1) is 0 Å². The van der Waals surface area contributed by atoms with Crippen LogP contribution in [0.4, 0.5) is 0 Å². The molecule has 2 N–H and O–H groups in total. The van der Waals surface area contributed by atoms with Crippen LogP contribution in [0, 0.1) is 0 Å². The zero-order chi connectivity index (χ0) is 14.1. The molecule has 0 bridgehead atoms. The zero-order valence-electron chi connectivity index (χ0n) is 11.3. The lowest BCUT2D eigenvalue weighted by Crippen LogP contribution is -2.54. The van der Waals surface area contributed by atoms with Crippen molar-refractivity contribution in [3.63, 3.8) is 0 Å². The van der Waals surface area contributed by atoms with Gasteiger partial charge in [0.15, 0.2) is 0 Å². The second-order valence-corrected chi connectivity index (χ2v) is 5.34. The Balaban J connectivity index is 1.96. The number of nitrogens with zero attached hydrogens (tertiary/aromatic N) is 2. The number of aryl methyl sites for hydroxylation is 1. The Kier molecular flexibility index (Phi) is 3.63. The van der Waals surface area contributed by atoms with Crippen LogP contribution in [-0.4, -0.2) is 34.6 Å². The number of aromatic nitrogens is 2. The number of hydrogen-bond donors (Lipinski definition) is 2. The van der Waals surface area contributed by atoms with Crippen LogP contribution in [-0.2, 0) is 17.8 Å². The lowest BCUT2D eigenvalue weighted by Gasteiger charge is -2.23. The predicted molar refractivity (Wildman–Crippen MR) is 78.9 cm³/mol. The zero-order valence-corrected chi connectivity index (χ0v) is 12.1. The molecule has 5 nitrogen and oxygen atoms in total. The van der Waals surface area contributed by atoms with Crippen molar-refractivity contribution in [1.82, 2.24) is 20.2 Å². The minimum Gasteiger partial charge on any atom is -0.353 e. The number of imidazole rings is 1. The predicted octanol–water partition coefficient (Wildman–Crippen LogP) is 1.34. The van der Waals surface area contributed by atoms with E-state index in [0.717, 1.165) is 29.9 Å². The summed E-state index contributed by atoms with van der Waals surface area (Å²) in [5.74, 6) is 0.961. The number of fused-ring (bicyclic) bond motifs is 1. The van der Waals surface area contributed by atoms with Gasteiger partial charge in [0.2, 0.25) is 5.91 Å². The number of amides is 1. The van der Waals surface area contributed by atoms with E-state index in [2.05, 4.69) is 27.1 Å². The van der Waals surface area contributed by atoms with Crippen molar-refractivity contribution in [3.05, 3.63) is 29.0 Å². The van der Waals surface area contributed by atoms with Crippen LogP contribution in [0.25, 0.3) is 11.0 Å². The molecule has 0 aliphatic carbocycles. The highest BCUT2D eigenvalue weighted by molar-refractivity contribution is 6.31. The van der Waals surface area contributed by atoms with Gasteiger partial charge in [-0.25, -0.2) is 4.98 Å². The molecule has 2 heterocycles. The highest BCUT2D eigenvalue weighted by atomic mass is 35.5. The van der Waals surface area contributed by atoms with Crippen LogP contribution in [0.3, 0.4) is 0 Å². The summed E-state index contributed by atoms with van der Waals surface area (Å²) in [6.07, 6.45) is 0.589. The first-order chi connectivity index (χ1) is 9.69. The molecule has 1 aromatic carbocycles. The lowest BCUT2D eigenvalue weighted by atomic mass is 10.1. The molecule has 1 saturated heterocycles. The van der Waals surface area contributed by atoms with Gasteiger partial charge in [-0.3, -0.25) is 4.79 Å². The largest absolute Gasteiger partial charge is 0.353 e. The van der Waals surface area contributed by atoms with Crippen molar-refractivity contribution in [2.45, 2.75) is 25.9 Å². The maximum absolute atomic E-state index is 11.8. The van der Waals surface area contributed by atoms with Gasteiger partial charge in [0.25, 0.3) is 0 Å². The fraction of sp³-hybridized carbons (Fsp3) is 0.429. The first-order valence-electron chi connectivity index (χ1n) is 6.85. The minimum absolute atomic E-state index is 0.0454. The average molecular weight is 293 g/mol. The molecule has 0 radical (unpaired) electrons. The van der Waals surface area contributed by atoms with Crippen LogP contribution in [0.5, 0.6) is 0 Å². The van der Waals surface area contributed by atoms with Gasteiger partial charge < -0.3 is 15.2 Å². The Morgan fingerprint density at radius 2 is 2.30 bits per heavy atom. The van der Waals surface area contributed by atoms with Crippen LogP contribution in [0.2, 0.25) is 5.02 Å². The van der Waals surface area contributed by atoms with Crippen molar-refractivity contribution >= 4 is 28.5 Å². The maximum Gasteiger partial charge on any atom is 0.237 e. The summed E-state index contributed by atoms with van der Waals surface area (Å²) in [7, 11) is 0. The maximum atomic E-state index is 11.8. The number of carbonyl (C=O) groups excluding carboxylic acids is 1. The second-order valence-electron chi connectivity index (χ2n) is 4.91. The van der Waals surface area contributed by atoms with Gasteiger partial charge in [-0.1, -0.05) is 11.6 Å². The molecule has 0 saturated carbocycles. The van der Waals surface area contributed by atoms with Crippen LogP contribution in [0.15, 0.2) is 18.2 Å². The molecule has 20 heavy (non-hydrogen) atoms. The van der Waals surface area contributed by atoms with E-state index in [-0.39, 0.29) is 11.9 Å². The lowest BCUT2D eigenvalue weighted by molar-refractivity contribution is -0.124. The first kappa shape index (κ1) is 13.4. The summed E-state index contributed by atoms with van der Waals surface area (Å²) in [5.41, 5.74) is 1.94. The topological polar surface area (TPSA) is 59.0 Å². The van der Waals surface area contributed by atoms with Gasteiger partial charge in [0.1, 0.15) is 5.82 Å². The van der Waals surface area contributed by atoms with Gasteiger partial charge in [0.05, 0.1) is 17.1 Å². The highest BCUT2D eigenvalue weighted by Crippen LogP contribution is 2.21. The van der Waals surface area contributed by atoms with Gasteiger partial charge in [0, 0.05) is 31.1 Å². The summed E-state index contributed by atoms with van der Waals surface area (Å²) >= 11 is 6.05. The van der Waals surface area contributed by atoms with E-state index >= 15 is 0 Å².